The maximum absolute atomic E-state index is 13.2. The maximum atomic E-state index is 13.2. The van der Waals surface area contributed by atoms with Crippen molar-refractivity contribution in [1.82, 2.24) is 4.98 Å². The van der Waals surface area contributed by atoms with E-state index < -0.39 is 17.6 Å². The number of nitrogens with one attached hydrogen (secondary N) is 2. The number of anilines is 2. The molecule has 5 nitrogen and oxygen atoms in total. The molecule has 0 aliphatic carbocycles. The third-order valence-electron chi connectivity index (χ3n) is 3.79. The van der Waals surface area contributed by atoms with Crippen LogP contribution < -0.4 is 10.6 Å². The SMILES string of the molecule is Cc1ccc(Cl)cc1NC(=O)c1cc(C(=O)Nc2cccc(F)c2)ccn1. The second-order valence-corrected chi connectivity index (χ2v) is 6.24. The molecule has 0 unspecified atom stereocenters. The van der Waals surface area contributed by atoms with E-state index in [-0.39, 0.29) is 11.3 Å². The fraction of sp³-hybridized carbons (Fsp3) is 0.0500. The van der Waals surface area contributed by atoms with Gasteiger partial charge >= 0.3 is 0 Å². The predicted molar refractivity (Wildman–Crippen MR) is 103 cm³/mol. The molecule has 136 valence electrons. The Kier molecular flexibility index (Phi) is 5.47. The number of benzene rings is 2. The molecule has 0 fully saturated rings. The lowest BCUT2D eigenvalue weighted by atomic mass is 10.1. The molecule has 7 heteroatoms. The number of pyridine rings is 1. The summed E-state index contributed by atoms with van der Waals surface area (Å²) in [5.74, 6) is -1.41. The van der Waals surface area contributed by atoms with Gasteiger partial charge in [0.2, 0.25) is 0 Å². The van der Waals surface area contributed by atoms with Crippen LogP contribution in [0.4, 0.5) is 15.8 Å². The Morgan fingerprint density at radius 3 is 2.59 bits per heavy atom. The van der Waals surface area contributed by atoms with Crippen molar-refractivity contribution in [3.63, 3.8) is 0 Å². The van der Waals surface area contributed by atoms with Crippen LogP contribution in [-0.2, 0) is 0 Å². The van der Waals surface area contributed by atoms with Crippen molar-refractivity contribution in [2.24, 2.45) is 0 Å². The molecule has 0 atom stereocenters. The number of hydrogen-bond donors (Lipinski definition) is 2. The number of carbonyl (C=O) groups excluding carboxylic acids is 2. The van der Waals surface area contributed by atoms with Crippen LogP contribution >= 0.6 is 11.6 Å². The molecule has 0 spiro atoms. The topological polar surface area (TPSA) is 71.1 Å². The summed E-state index contributed by atoms with van der Waals surface area (Å²) in [4.78, 5) is 28.8. The van der Waals surface area contributed by atoms with Crippen LogP contribution in [0.2, 0.25) is 5.02 Å². The van der Waals surface area contributed by atoms with Crippen molar-refractivity contribution in [3.05, 3.63) is 88.5 Å². The van der Waals surface area contributed by atoms with E-state index in [0.29, 0.717) is 16.4 Å². The minimum atomic E-state index is -0.476. The molecular formula is C20H15ClFN3O2. The third kappa shape index (κ3) is 4.68. The van der Waals surface area contributed by atoms with Crippen molar-refractivity contribution in [2.75, 3.05) is 10.6 Å². The van der Waals surface area contributed by atoms with E-state index in [9.17, 15) is 14.0 Å². The molecule has 0 radical (unpaired) electrons. The third-order valence-corrected chi connectivity index (χ3v) is 4.02. The number of nitrogens with zero attached hydrogens (tertiary/aromatic N) is 1. The molecule has 1 aromatic heterocycles. The molecular weight excluding hydrogens is 369 g/mol. The van der Waals surface area contributed by atoms with Crippen LogP contribution in [0.15, 0.2) is 60.8 Å². The molecule has 0 saturated carbocycles. The minimum Gasteiger partial charge on any atom is -0.322 e. The molecule has 27 heavy (non-hydrogen) atoms. The Morgan fingerprint density at radius 2 is 1.81 bits per heavy atom. The molecule has 2 N–H and O–H groups in total. The Bertz CT molecular complexity index is 1020. The van der Waals surface area contributed by atoms with Crippen molar-refractivity contribution >= 4 is 34.8 Å². The van der Waals surface area contributed by atoms with Crippen LogP contribution in [0.1, 0.15) is 26.4 Å². The first-order valence-corrected chi connectivity index (χ1v) is 8.40. The molecule has 0 aliphatic rings. The first-order valence-electron chi connectivity index (χ1n) is 8.03. The van der Waals surface area contributed by atoms with Gasteiger partial charge < -0.3 is 10.6 Å². The summed E-state index contributed by atoms with van der Waals surface area (Å²) in [6, 6.07) is 13.5. The second kappa shape index (κ2) is 7.97. The standard InChI is InChI=1S/C20H15ClFN3O2/c1-12-5-6-14(21)10-17(12)25-20(27)18-9-13(7-8-23-18)19(26)24-16-4-2-3-15(22)11-16/h2-11H,1H3,(H,24,26)(H,25,27). The summed E-state index contributed by atoms with van der Waals surface area (Å²) in [7, 11) is 0. The van der Waals surface area contributed by atoms with Gasteiger partial charge in [0.25, 0.3) is 11.8 Å². The van der Waals surface area contributed by atoms with Crippen LogP contribution in [0.25, 0.3) is 0 Å². The largest absolute Gasteiger partial charge is 0.322 e. The number of aromatic nitrogens is 1. The van der Waals surface area contributed by atoms with Gasteiger partial charge in [-0.25, -0.2) is 4.39 Å². The number of amides is 2. The molecule has 0 aliphatic heterocycles. The highest BCUT2D eigenvalue weighted by Gasteiger charge is 2.13. The van der Waals surface area contributed by atoms with E-state index in [4.69, 9.17) is 11.6 Å². The van der Waals surface area contributed by atoms with Gasteiger partial charge in [0, 0.05) is 28.2 Å². The van der Waals surface area contributed by atoms with Gasteiger partial charge in [0.15, 0.2) is 0 Å². The Morgan fingerprint density at radius 1 is 1.00 bits per heavy atom. The quantitative estimate of drug-likeness (QED) is 0.686. The summed E-state index contributed by atoms with van der Waals surface area (Å²) in [6.45, 7) is 1.84. The Labute approximate surface area is 160 Å². The Hall–Kier alpha value is -3.25. The van der Waals surface area contributed by atoms with E-state index in [0.717, 1.165) is 5.56 Å². The zero-order chi connectivity index (χ0) is 19.4. The molecule has 3 rings (SSSR count). The number of carbonyl (C=O) groups is 2. The van der Waals surface area contributed by atoms with Gasteiger partial charge in [0.1, 0.15) is 11.5 Å². The average molecular weight is 384 g/mol. The second-order valence-electron chi connectivity index (χ2n) is 5.81. The zero-order valence-electron chi connectivity index (χ0n) is 14.3. The van der Waals surface area contributed by atoms with Crippen LogP contribution in [-0.4, -0.2) is 16.8 Å². The molecule has 0 bridgehead atoms. The predicted octanol–water partition coefficient (Wildman–Crippen LogP) is 4.69. The normalized spacial score (nSPS) is 10.3. The molecule has 2 amide bonds. The van der Waals surface area contributed by atoms with Gasteiger partial charge in [-0.05, 0) is 55.0 Å². The molecule has 1 heterocycles. The monoisotopic (exact) mass is 383 g/mol. The van der Waals surface area contributed by atoms with Crippen molar-refractivity contribution in [2.45, 2.75) is 6.92 Å². The van der Waals surface area contributed by atoms with Gasteiger partial charge in [-0.15, -0.1) is 0 Å². The first-order chi connectivity index (χ1) is 12.9. The minimum absolute atomic E-state index is 0.0706. The number of rotatable bonds is 4. The maximum Gasteiger partial charge on any atom is 0.274 e. The number of hydrogen-bond acceptors (Lipinski definition) is 3. The van der Waals surface area contributed by atoms with E-state index in [1.54, 1.807) is 24.3 Å². The van der Waals surface area contributed by atoms with Gasteiger partial charge in [0.05, 0.1) is 0 Å². The highest BCUT2D eigenvalue weighted by atomic mass is 35.5. The molecule has 2 aromatic carbocycles. The highest BCUT2D eigenvalue weighted by Crippen LogP contribution is 2.21. The van der Waals surface area contributed by atoms with E-state index in [1.807, 2.05) is 6.92 Å². The Balaban J connectivity index is 1.77. The van der Waals surface area contributed by atoms with Gasteiger partial charge in [-0.3, -0.25) is 14.6 Å². The smallest absolute Gasteiger partial charge is 0.274 e. The lowest BCUT2D eigenvalue weighted by Crippen LogP contribution is -2.17. The van der Waals surface area contributed by atoms with E-state index in [1.165, 1.54) is 36.5 Å². The summed E-state index contributed by atoms with van der Waals surface area (Å²) in [5, 5.41) is 5.79. The van der Waals surface area contributed by atoms with Gasteiger partial charge in [-0.2, -0.15) is 0 Å². The van der Waals surface area contributed by atoms with Crippen molar-refractivity contribution in [3.8, 4) is 0 Å². The summed E-state index contributed by atoms with van der Waals surface area (Å²) < 4.78 is 13.2. The molecule has 3 aromatic rings. The lowest BCUT2D eigenvalue weighted by molar-refractivity contribution is 0.102. The summed E-state index contributed by atoms with van der Waals surface area (Å²) >= 11 is 5.95. The van der Waals surface area contributed by atoms with E-state index >= 15 is 0 Å². The fourth-order valence-corrected chi connectivity index (χ4v) is 2.55. The van der Waals surface area contributed by atoms with E-state index in [2.05, 4.69) is 15.6 Å². The lowest BCUT2D eigenvalue weighted by Gasteiger charge is -2.09. The first kappa shape index (κ1) is 18.5. The van der Waals surface area contributed by atoms with Gasteiger partial charge in [-0.1, -0.05) is 23.7 Å². The summed E-state index contributed by atoms with van der Waals surface area (Å²) in [6.07, 6.45) is 1.36. The number of aryl methyl sites for hydroxylation is 1. The highest BCUT2D eigenvalue weighted by molar-refractivity contribution is 6.31. The van der Waals surface area contributed by atoms with Crippen LogP contribution in [0.3, 0.4) is 0 Å². The average Bonchev–Trinajstić information content (AvgIpc) is 2.65. The molecule has 0 saturated heterocycles. The van der Waals surface area contributed by atoms with Crippen molar-refractivity contribution in [1.29, 1.82) is 0 Å². The van der Waals surface area contributed by atoms with Crippen molar-refractivity contribution < 1.29 is 14.0 Å². The van der Waals surface area contributed by atoms with Crippen LogP contribution in [0, 0.1) is 12.7 Å². The number of halogens is 2. The van der Waals surface area contributed by atoms with Crippen LogP contribution in [0.5, 0.6) is 0 Å². The summed E-state index contributed by atoms with van der Waals surface area (Å²) in [5.41, 5.74) is 2.01. The zero-order valence-corrected chi connectivity index (χ0v) is 15.0. The fourth-order valence-electron chi connectivity index (χ4n) is 2.38.